The molecule has 2 aromatic carbocycles. The third-order valence-electron chi connectivity index (χ3n) is 3.88. The summed E-state index contributed by atoms with van der Waals surface area (Å²) >= 11 is 6.45. The number of rotatable bonds is 2. The average Bonchev–Trinajstić information content (AvgIpc) is 2.91. The first kappa shape index (κ1) is 16.6. The largest absolute Gasteiger partial charge is 0.508 e. The van der Waals surface area contributed by atoms with Crippen molar-refractivity contribution >= 4 is 56.9 Å². The number of aromatic hydroxyl groups is 1. The summed E-state index contributed by atoms with van der Waals surface area (Å²) in [6.45, 7) is 0. The highest BCUT2D eigenvalue weighted by molar-refractivity contribution is 8.27. The Morgan fingerprint density at radius 2 is 1.88 bits per heavy atom. The molecule has 4 rings (SSSR count). The summed E-state index contributed by atoms with van der Waals surface area (Å²) < 4.78 is 5.82. The van der Waals surface area contributed by atoms with E-state index in [0.717, 1.165) is 11.8 Å². The van der Waals surface area contributed by atoms with Gasteiger partial charge in [0.05, 0.1) is 21.5 Å². The summed E-state index contributed by atoms with van der Waals surface area (Å²) in [5.41, 5.74) is 0.927. The van der Waals surface area contributed by atoms with Crippen LogP contribution in [0.2, 0.25) is 0 Å². The van der Waals surface area contributed by atoms with E-state index >= 15 is 0 Å². The maximum atomic E-state index is 12.7. The number of amides is 1. The number of anilines is 1. The molecule has 0 saturated carbocycles. The molecule has 1 amide bonds. The zero-order valence-electron chi connectivity index (χ0n) is 13.2. The van der Waals surface area contributed by atoms with Crippen LogP contribution in [0.15, 0.2) is 68.9 Å². The van der Waals surface area contributed by atoms with Gasteiger partial charge in [-0.3, -0.25) is 14.5 Å². The van der Waals surface area contributed by atoms with E-state index < -0.39 is 0 Å². The number of thioether (sulfide) groups is 1. The van der Waals surface area contributed by atoms with E-state index in [1.807, 2.05) is 18.2 Å². The van der Waals surface area contributed by atoms with Gasteiger partial charge >= 0.3 is 0 Å². The molecule has 128 valence electrons. The summed E-state index contributed by atoms with van der Waals surface area (Å²) in [7, 11) is 0. The van der Waals surface area contributed by atoms with E-state index in [0.29, 0.717) is 20.3 Å². The predicted octanol–water partition coefficient (Wildman–Crippen LogP) is 3.90. The SMILES string of the molecule is O=C1C(=Cc2coc3cc(O)ccc3c2=O)SC(=S)N1c1ccccc1. The number of benzene rings is 2. The molecule has 1 saturated heterocycles. The van der Waals surface area contributed by atoms with Crippen molar-refractivity contribution in [2.24, 2.45) is 0 Å². The molecule has 0 unspecified atom stereocenters. The number of nitrogens with zero attached hydrogens (tertiary/aromatic N) is 1. The van der Waals surface area contributed by atoms with Crippen LogP contribution in [0.5, 0.6) is 5.75 Å². The monoisotopic (exact) mass is 381 g/mol. The van der Waals surface area contributed by atoms with Crippen molar-refractivity contribution in [1.29, 1.82) is 0 Å². The number of hydrogen-bond donors (Lipinski definition) is 1. The number of phenolic OH excluding ortho intramolecular Hbond substituents is 1. The van der Waals surface area contributed by atoms with E-state index in [9.17, 15) is 14.7 Å². The second-order valence-electron chi connectivity index (χ2n) is 5.55. The van der Waals surface area contributed by atoms with Gasteiger partial charge < -0.3 is 9.52 Å². The van der Waals surface area contributed by atoms with Gasteiger partial charge in [0.2, 0.25) is 0 Å². The summed E-state index contributed by atoms with van der Waals surface area (Å²) in [6.07, 6.45) is 2.76. The lowest BCUT2D eigenvalue weighted by Gasteiger charge is -2.13. The van der Waals surface area contributed by atoms with Crippen LogP contribution >= 0.6 is 24.0 Å². The Morgan fingerprint density at radius 1 is 1.12 bits per heavy atom. The maximum absolute atomic E-state index is 12.7. The van der Waals surface area contributed by atoms with E-state index in [-0.39, 0.29) is 28.2 Å². The fraction of sp³-hybridized carbons (Fsp3) is 0. The molecule has 5 nitrogen and oxygen atoms in total. The summed E-state index contributed by atoms with van der Waals surface area (Å²) in [5.74, 6) is -0.270. The molecule has 3 aromatic rings. The van der Waals surface area contributed by atoms with Crippen LogP contribution in [-0.4, -0.2) is 15.3 Å². The molecule has 0 spiro atoms. The summed E-state index contributed by atoms with van der Waals surface area (Å²) in [4.78, 5) is 27.1. The molecule has 0 aliphatic carbocycles. The van der Waals surface area contributed by atoms with Crippen molar-refractivity contribution < 1.29 is 14.3 Å². The van der Waals surface area contributed by atoms with Crippen LogP contribution in [0.1, 0.15) is 5.56 Å². The first-order valence-electron chi connectivity index (χ1n) is 7.62. The van der Waals surface area contributed by atoms with E-state index in [1.165, 1.54) is 35.4 Å². The Bertz CT molecular complexity index is 1140. The molecule has 1 aromatic heterocycles. The Balaban J connectivity index is 1.75. The molecule has 7 heteroatoms. The Morgan fingerprint density at radius 3 is 2.65 bits per heavy atom. The second-order valence-corrected chi connectivity index (χ2v) is 7.23. The lowest BCUT2D eigenvalue weighted by Crippen LogP contribution is -2.27. The van der Waals surface area contributed by atoms with Gasteiger partial charge in [-0.05, 0) is 30.3 Å². The molecule has 1 aliphatic heterocycles. The molecular weight excluding hydrogens is 370 g/mol. The number of phenols is 1. The molecule has 26 heavy (non-hydrogen) atoms. The Kier molecular flexibility index (Phi) is 4.10. The van der Waals surface area contributed by atoms with Crippen molar-refractivity contribution in [3.05, 3.63) is 75.5 Å². The summed E-state index contributed by atoms with van der Waals surface area (Å²) in [5, 5.41) is 9.81. The van der Waals surface area contributed by atoms with Crippen LogP contribution in [0, 0.1) is 0 Å². The third kappa shape index (κ3) is 2.81. The number of carbonyl (C=O) groups is 1. The molecule has 1 N–H and O–H groups in total. The normalized spacial score (nSPS) is 16.0. The van der Waals surface area contributed by atoms with Crippen molar-refractivity contribution in [3.63, 3.8) is 0 Å². The van der Waals surface area contributed by atoms with Gasteiger partial charge in [0.25, 0.3) is 5.91 Å². The number of para-hydroxylation sites is 1. The maximum Gasteiger partial charge on any atom is 0.270 e. The molecule has 0 atom stereocenters. The van der Waals surface area contributed by atoms with Gasteiger partial charge in [-0.2, -0.15) is 0 Å². The van der Waals surface area contributed by atoms with Crippen molar-refractivity contribution in [1.82, 2.24) is 0 Å². The number of fused-ring (bicyclic) bond motifs is 1. The minimum absolute atomic E-state index is 0.0112. The van der Waals surface area contributed by atoms with Crippen LogP contribution < -0.4 is 10.3 Å². The highest BCUT2D eigenvalue weighted by atomic mass is 32.2. The van der Waals surface area contributed by atoms with Gasteiger partial charge in [0.15, 0.2) is 9.75 Å². The number of hydrogen-bond acceptors (Lipinski definition) is 6. The van der Waals surface area contributed by atoms with Gasteiger partial charge in [0, 0.05) is 6.07 Å². The van der Waals surface area contributed by atoms with Crippen molar-refractivity contribution in [2.45, 2.75) is 0 Å². The lowest BCUT2D eigenvalue weighted by molar-refractivity contribution is -0.113. The van der Waals surface area contributed by atoms with Crippen LogP contribution in [0.25, 0.3) is 17.0 Å². The van der Waals surface area contributed by atoms with Crippen LogP contribution in [0.4, 0.5) is 5.69 Å². The first-order chi connectivity index (χ1) is 12.5. The van der Waals surface area contributed by atoms with Gasteiger partial charge in [-0.25, -0.2) is 0 Å². The first-order valence-corrected chi connectivity index (χ1v) is 8.84. The topological polar surface area (TPSA) is 70.7 Å². The molecular formula is C19H11NO4S2. The molecule has 0 radical (unpaired) electrons. The standard InChI is InChI=1S/C19H11NO4S2/c21-13-6-7-14-15(9-13)24-10-11(17(14)22)8-16-18(23)20(19(25)26-16)12-4-2-1-3-5-12/h1-10,21H. The second kappa shape index (κ2) is 6.44. The predicted molar refractivity (Wildman–Crippen MR) is 106 cm³/mol. The lowest BCUT2D eigenvalue weighted by atomic mass is 10.1. The molecule has 1 fully saturated rings. The minimum Gasteiger partial charge on any atom is -0.508 e. The smallest absolute Gasteiger partial charge is 0.270 e. The number of carbonyl (C=O) groups excluding carboxylic acids is 1. The van der Waals surface area contributed by atoms with E-state index in [4.69, 9.17) is 16.6 Å². The highest BCUT2D eigenvalue weighted by Gasteiger charge is 2.33. The van der Waals surface area contributed by atoms with Crippen LogP contribution in [-0.2, 0) is 4.79 Å². The zero-order chi connectivity index (χ0) is 18.3. The van der Waals surface area contributed by atoms with Crippen molar-refractivity contribution in [3.8, 4) is 5.75 Å². The van der Waals surface area contributed by atoms with E-state index in [1.54, 1.807) is 12.1 Å². The van der Waals surface area contributed by atoms with Gasteiger partial charge in [-0.1, -0.05) is 42.2 Å². The van der Waals surface area contributed by atoms with E-state index in [2.05, 4.69) is 0 Å². The van der Waals surface area contributed by atoms with Gasteiger partial charge in [-0.15, -0.1) is 0 Å². The zero-order valence-corrected chi connectivity index (χ0v) is 14.8. The molecule has 0 bridgehead atoms. The average molecular weight is 381 g/mol. The Hall–Kier alpha value is -2.90. The Labute approximate surface area is 157 Å². The van der Waals surface area contributed by atoms with Gasteiger partial charge in [0.1, 0.15) is 17.6 Å². The number of thiocarbonyl (C=S) groups is 1. The molecule has 1 aliphatic rings. The van der Waals surface area contributed by atoms with Crippen LogP contribution in [0.3, 0.4) is 0 Å². The molecule has 2 heterocycles. The summed E-state index contributed by atoms with van der Waals surface area (Å²) in [6, 6.07) is 13.4. The quantitative estimate of drug-likeness (QED) is 0.536. The fourth-order valence-corrected chi connectivity index (χ4v) is 3.93. The highest BCUT2D eigenvalue weighted by Crippen LogP contribution is 2.35. The van der Waals surface area contributed by atoms with Crippen molar-refractivity contribution in [2.75, 3.05) is 4.90 Å². The fourth-order valence-electron chi connectivity index (χ4n) is 2.64. The third-order valence-corrected chi connectivity index (χ3v) is 5.18. The minimum atomic E-state index is -0.281.